The lowest BCUT2D eigenvalue weighted by Gasteiger charge is -2.11. The molecule has 1 N–H and O–H groups in total. The van der Waals surface area contributed by atoms with E-state index in [0.717, 1.165) is 0 Å². The predicted octanol–water partition coefficient (Wildman–Crippen LogP) is 2.09. The molecular formula is C9H17N. The van der Waals surface area contributed by atoms with Crippen molar-refractivity contribution < 1.29 is 0 Å². The Hall–Kier alpha value is -0.300. The van der Waals surface area contributed by atoms with Gasteiger partial charge in [-0.05, 0) is 34.6 Å². The summed E-state index contributed by atoms with van der Waals surface area (Å²) in [6.07, 6.45) is 2.18. The molecule has 1 nitrogen and oxygen atoms in total. The van der Waals surface area contributed by atoms with Crippen molar-refractivity contribution in [3.63, 3.8) is 0 Å². The Morgan fingerprint density at radius 1 is 1.30 bits per heavy atom. The van der Waals surface area contributed by atoms with Gasteiger partial charge < -0.3 is 0 Å². The van der Waals surface area contributed by atoms with Crippen LogP contribution < -0.4 is 5.32 Å². The van der Waals surface area contributed by atoms with E-state index in [-0.39, 0.29) is 5.54 Å². The summed E-state index contributed by atoms with van der Waals surface area (Å²) in [6.45, 7) is 11.0. The highest BCUT2D eigenvalue weighted by atomic mass is 15.3. The molecule has 0 spiro atoms. The molecule has 1 rings (SSSR count). The van der Waals surface area contributed by atoms with Crippen molar-refractivity contribution in [3.8, 4) is 0 Å². The maximum atomic E-state index is 3.47. The molecule has 0 radical (unpaired) electrons. The van der Waals surface area contributed by atoms with Crippen molar-refractivity contribution >= 4 is 0 Å². The SMILES string of the molecule is C/C=C(/C)C1(C)NC1(C)C. The maximum absolute atomic E-state index is 3.47. The fourth-order valence-electron chi connectivity index (χ4n) is 1.47. The number of rotatable bonds is 1. The van der Waals surface area contributed by atoms with Gasteiger partial charge >= 0.3 is 0 Å². The fourth-order valence-corrected chi connectivity index (χ4v) is 1.47. The molecule has 1 unspecified atom stereocenters. The fraction of sp³-hybridized carbons (Fsp3) is 0.778. The minimum absolute atomic E-state index is 0.266. The second-order valence-electron chi connectivity index (χ2n) is 3.85. The van der Waals surface area contributed by atoms with Crippen LogP contribution >= 0.6 is 0 Å². The van der Waals surface area contributed by atoms with E-state index in [1.165, 1.54) is 5.57 Å². The molecule has 1 fully saturated rings. The van der Waals surface area contributed by atoms with E-state index in [2.05, 4.69) is 46.0 Å². The minimum Gasteiger partial charge on any atom is -0.299 e. The summed E-state index contributed by atoms with van der Waals surface area (Å²) in [4.78, 5) is 0. The summed E-state index contributed by atoms with van der Waals surface area (Å²) in [5.41, 5.74) is 2.02. The average Bonchev–Trinajstić information content (AvgIpc) is 2.32. The molecule has 0 aromatic rings. The first kappa shape index (κ1) is 7.80. The van der Waals surface area contributed by atoms with E-state index >= 15 is 0 Å². The lowest BCUT2D eigenvalue weighted by molar-refractivity contribution is 0.672. The van der Waals surface area contributed by atoms with E-state index in [0.29, 0.717) is 5.54 Å². The van der Waals surface area contributed by atoms with E-state index < -0.39 is 0 Å². The smallest absolute Gasteiger partial charge is 0.0546 e. The Morgan fingerprint density at radius 3 is 1.80 bits per heavy atom. The second kappa shape index (κ2) is 1.85. The summed E-state index contributed by atoms with van der Waals surface area (Å²) in [5.74, 6) is 0. The largest absolute Gasteiger partial charge is 0.299 e. The molecule has 1 heterocycles. The van der Waals surface area contributed by atoms with Gasteiger partial charge in [-0.1, -0.05) is 11.6 Å². The predicted molar refractivity (Wildman–Crippen MR) is 45.1 cm³/mol. The molecule has 0 bridgehead atoms. The molecule has 1 aliphatic rings. The molecular weight excluding hydrogens is 122 g/mol. The average molecular weight is 139 g/mol. The zero-order valence-corrected chi connectivity index (χ0v) is 7.58. The Bertz CT molecular complexity index is 179. The molecule has 1 aliphatic heterocycles. The van der Waals surface area contributed by atoms with Gasteiger partial charge in [-0.15, -0.1) is 0 Å². The van der Waals surface area contributed by atoms with E-state index in [1.807, 2.05) is 0 Å². The number of hydrogen-bond acceptors (Lipinski definition) is 1. The molecule has 0 aromatic heterocycles. The molecule has 1 heteroatoms. The molecule has 0 saturated carbocycles. The van der Waals surface area contributed by atoms with Crippen molar-refractivity contribution in [3.05, 3.63) is 11.6 Å². The van der Waals surface area contributed by atoms with Crippen LogP contribution in [0.15, 0.2) is 11.6 Å². The van der Waals surface area contributed by atoms with Crippen LogP contribution in [0.25, 0.3) is 0 Å². The van der Waals surface area contributed by atoms with Gasteiger partial charge in [0.05, 0.1) is 5.54 Å². The quantitative estimate of drug-likeness (QED) is 0.436. The van der Waals surface area contributed by atoms with Crippen LogP contribution in [0.3, 0.4) is 0 Å². The molecule has 1 saturated heterocycles. The van der Waals surface area contributed by atoms with Gasteiger partial charge in [0.15, 0.2) is 0 Å². The van der Waals surface area contributed by atoms with Crippen LogP contribution in [0.2, 0.25) is 0 Å². The van der Waals surface area contributed by atoms with Gasteiger partial charge in [0.25, 0.3) is 0 Å². The Kier molecular flexibility index (Phi) is 1.44. The Morgan fingerprint density at radius 2 is 1.70 bits per heavy atom. The van der Waals surface area contributed by atoms with Gasteiger partial charge in [-0.25, -0.2) is 0 Å². The Labute approximate surface area is 63.5 Å². The van der Waals surface area contributed by atoms with Gasteiger partial charge in [-0.3, -0.25) is 5.32 Å². The Balaban J connectivity index is 2.78. The monoisotopic (exact) mass is 139 g/mol. The van der Waals surface area contributed by atoms with Crippen molar-refractivity contribution in [1.29, 1.82) is 0 Å². The van der Waals surface area contributed by atoms with Crippen LogP contribution in [0.4, 0.5) is 0 Å². The van der Waals surface area contributed by atoms with Gasteiger partial charge in [0.1, 0.15) is 0 Å². The molecule has 58 valence electrons. The normalized spacial score (nSPS) is 37.9. The zero-order valence-electron chi connectivity index (χ0n) is 7.58. The minimum atomic E-state index is 0.266. The van der Waals surface area contributed by atoms with Gasteiger partial charge in [0, 0.05) is 5.54 Å². The van der Waals surface area contributed by atoms with Crippen molar-refractivity contribution in [2.45, 2.75) is 45.7 Å². The first-order chi connectivity index (χ1) is 4.44. The summed E-state index contributed by atoms with van der Waals surface area (Å²) in [7, 11) is 0. The second-order valence-corrected chi connectivity index (χ2v) is 3.85. The van der Waals surface area contributed by atoms with Gasteiger partial charge in [-0.2, -0.15) is 0 Å². The number of nitrogens with one attached hydrogen (secondary N) is 1. The van der Waals surface area contributed by atoms with Crippen LogP contribution in [-0.4, -0.2) is 11.1 Å². The maximum Gasteiger partial charge on any atom is 0.0546 e. The van der Waals surface area contributed by atoms with Crippen molar-refractivity contribution in [1.82, 2.24) is 5.32 Å². The lowest BCUT2D eigenvalue weighted by Crippen LogP contribution is -2.17. The van der Waals surface area contributed by atoms with Crippen molar-refractivity contribution in [2.24, 2.45) is 0 Å². The highest BCUT2D eigenvalue weighted by Gasteiger charge is 2.57. The molecule has 0 aromatic carbocycles. The molecule has 0 aliphatic carbocycles. The van der Waals surface area contributed by atoms with E-state index in [4.69, 9.17) is 0 Å². The molecule has 0 amide bonds. The zero-order chi connectivity index (χ0) is 7.99. The number of allylic oxidation sites excluding steroid dienone is 1. The topological polar surface area (TPSA) is 21.9 Å². The third-order valence-corrected chi connectivity index (χ3v) is 2.97. The summed E-state index contributed by atoms with van der Waals surface area (Å²) in [6, 6.07) is 0. The lowest BCUT2D eigenvalue weighted by atomic mass is 9.91. The van der Waals surface area contributed by atoms with Gasteiger partial charge in [0.2, 0.25) is 0 Å². The first-order valence-electron chi connectivity index (χ1n) is 3.87. The number of hydrogen-bond donors (Lipinski definition) is 1. The standard InChI is InChI=1S/C9H17N/c1-6-7(2)9(5)8(3,4)10-9/h6,10H,1-5H3/b7-6-. The van der Waals surface area contributed by atoms with Crippen LogP contribution in [0, 0.1) is 0 Å². The first-order valence-corrected chi connectivity index (χ1v) is 3.87. The highest BCUT2D eigenvalue weighted by molar-refractivity contribution is 5.35. The van der Waals surface area contributed by atoms with Crippen LogP contribution in [0.1, 0.15) is 34.6 Å². The third-order valence-electron chi connectivity index (χ3n) is 2.97. The van der Waals surface area contributed by atoms with E-state index in [1.54, 1.807) is 0 Å². The van der Waals surface area contributed by atoms with Crippen LogP contribution in [-0.2, 0) is 0 Å². The molecule has 10 heavy (non-hydrogen) atoms. The van der Waals surface area contributed by atoms with Crippen molar-refractivity contribution in [2.75, 3.05) is 0 Å². The third kappa shape index (κ3) is 0.807. The molecule has 1 atom stereocenters. The summed E-state index contributed by atoms with van der Waals surface area (Å²) in [5, 5.41) is 3.47. The summed E-state index contributed by atoms with van der Waals surface area (Å²) >= 11 is 0. The van der Waals surface area contributed by atoms with E-state index in [9.17, 15) is 0 Å². The van der Waals surface area contributed by atoms with Crippen LogP contribution in [0.5, 0.6) is 0 Å². The highest BCUT2D eigenvalue weighted by Crippen LogP contribution is 2.42. The summed E-state index contributed by atoms with van der Waals surface area (Å²) < 4.78 is 0.